The summed E-state index contributed by atoms with van der Waals surface area (Å²) in [6, 6.07) is 7.74. The van der Waals surface area contributed by atoms with Gasteiger partial charge >= 0.3 is 0 Å². The number of carbonyl (C=O) groups excluding carboxylic acids is 1. The van der Waals surface area contributed by atoms with E-state index in [1.165, 1.54) is 0 Å². The molecule has 0 spiro atoms. The van der Waals surface area contributed by atoms with E-state index >= 15 is 0 Å². The van der Waals surface area contributed by atoms with Crippen molar-refractivity contribution in [2.24, 2.45) is 0 Å². The molecule has 0 unspecified atom stereocenters. The zero-order chi connectivity index (χ0) is 9.26. The first kappa shape index (κ1) is 8.05. The molecule has 0 N–H and O–H groups in total. The lowest BCUT2D eigenvalue weighted by molar-refractivity contribution is -0.114. The van der Waals surface area contributed by atoms with Crippen LogP contribution in [-0.4, -0.2) is 12.9 Å². The number of benzene rings is 1. The van der Waals surface area contributed by atoms with Gasteiger partial charge in [0.15, 0.2) is 5.78 Å². The molecule has 66 valence electrons. The van der Waals surface area contributed by atoms with E-state index in [2.05, 4.69) is 0 Å². The van der Waals surface area contributed by atoms with Crippen LogP contribution in [0.15, 0.2) is 30.3 Å². The van der Waals surface area contributed by atoms with E-state index in [1.807, 2.05) is 24.3 Å². The Morgan fingerprint density at radius 2 is 1.85 bits per heavy atom. The normalized spacial score (nSPS) is 14.8. The first-order chi connectivity index (χ1) is 6.29. The number of hydrogen-bond acceptors (Lipinski definition) is 2. The summed E-state index contributed by atoms with van der Waals surface area (Å²) in [6.07, 6.45) is 2.26. The van der Waals surface area contributed by atoms with E-state index in [-0.39, 0.29) is 5.78 Å². The van der Waals surface area contributed by atoms with Gasteiger partial charge in [0.25, 0.3) is 0 Å². The third kappa shape index (κ3) is 1.47. The molecule has 0 bridgehead atoms. The fourth-order valence-corrected chi connectivity index (χ4v) is 1.34. The maximum atomic E-state index is 10.7. The van der Waals surface area contributed by atoms with Gasteiger partial charge in [0.2, 0.25) is 0 Å². The van der Waals surface area contributed by atoms with Crippen molar-refractivity contribution in [1.82, 2.24) is 0 Å². The SMILES string of the molecule is COc1ccc(C2=CC(=O)C2)cc1. The van der Waals surface area contributed by atoms with Crippen LogP contribution in [0.4, 0.5) is 0 Å². The standard InChI is InChI=1S/C11H10O2/c1-13-11-4-2-8(3-5-11)9-6-10(12)7-9/h2-6H,7H2,1H3. The minimum absolute atomic E-state index is 0.214. The quantitative estimate of drug-likeness (QED) is 0.685. The van der Waals surface area contributed by atoms with Gasteiger partial charge in [0.1, 0.15) is 5.75 Å². The Kier molecular flexibility index (Phi) is 1.89. The third-order valence-corrected chi connectivity index (χ3v) is 2.16. The van der Waals surface area contributed by atoms with Gasteiger partial charge < -0.3 is 4.74 Å². The summed E-state index contributed by atoms with van der Waals surface area (Å²) >= 11 is 0. The van der Waals surface area contributed by atoms with Crippen molar-refractivity contribution in [3.63, 3.8) is 0 Å². The first-order valence-electron chi connectivity index (χ1n) is 4.17. The molecule has 0 amide bonds. The molecule has 2 heteroatoms. The Labute approximate surface area is 76.8 Å². The Hall–Kier alpha value is -1.57. The zero-order valence-electron chi connectivity index (χ0n) is 7.41. The summed E-state index contributed by atoms with van der Waals surface area (Å²) in [5.41, 5.74) is 2.23. The maximum Gasteiger partial charge on any atom is 0.160 e. The van der Waals surface area contributed by atoms with Crippen LogP contribution in [0.5, 0.6) is 5.75 Å². The lowest BCUT2D eigenvalue weighted by Gasteiger charge is -2.13. The van der Waals surface area contributed by atoms with Crippen molar-refractivity contribution in [2.75, 3.05) is 7.11 Å². The molecule has 1 aliphatic carbocycles. The van der Waals surface area contributed by atoms with E-state index < -0.39 is 0 Å². The second-order valence-electron chi connectivity index (χ2n) is 3.04. The molecule has 0 saturated carbocycles. The number of allylic oxidation sites excluding steroid dienone is 2. The van der Waals surface area contributed by atoms with Gasteiger partial charge in [-0.05, 0) is 29.3 Å². The number of rotatable bonds is 2. The molecule has 1 aromatic rings. The smallest absolute Gasteiger partial charge is 0.160 e. The van der Waals surface area contributed by atoms with Gasteiger partial charge in [-0.1, -0.05) is 12.1 Å². The number of ether oxygens (including phenoxy) is 1. The predicted octanol–water partition coefficient (Wildman–Crippen LogP) is 2.05. The summed E-state index contributed by atoms with van der Waals surface area (Å²) in [7, 11) is 1.64. The number of hydrogen-bond donors (Lipinski definition) is 0. The van der Waals surface area contributed by atoms with Gasteiger partial charge in [-0.15, -0.1) is 0 Å². The van der Waals surface area contributed by atoms with Crippen LogP contribution < -0.4 is 4.74 Å². The van der Waals surface area contributed by atoms with Crippen molar-refractivity contribution in [1.29, 1.82) is 0 Å². The van der Waals surface area contributed by atoms with Gasteiger partial charge in [-0.3, -0.25) is 4.79 Å². The van der Waals surface area contributed by atoms with Crippen molar-refractivity contribution in [2.45, 2.75) is 6.42 Å². The highest BCUT2D eigenvalue weighted by atomic mass is 16.5. The molecule has 13 heavy (non-hydrogen) atoms. The molecule has 0 saturated heterocycles. The second kappa shape index (κ2) is 3.05. The lowest BCUT2D eigenvalue weighted by Crippen LogP contribution is -2.06. The number of methoxy groups -OCH3 is 1. The van der Waals surface area contributed by atoms with E-state index in [1.54, 1.807) is 13.2 Å². The molecule has 0 aliphatic heterocycles. The molecule has 0 radical (unpaired) electrons. The van der Waals surface area contributed by atoms with Crippen LogP contribution in [0.25, 0.3) is 5.57 Å². The number of ketones is 1. The molecule has 1 aromatic carbocycles. The summed E-state index contributed by atoms with van der Waals surface area (Å²) in [6.45, 7) is 0. The highest BCUT2D eigenvalue weighted by Crippen LogP contribution is 2.27. The molecule has 0 fully saturated rings. The summed E-state index contributed by atoms with van der Waals surface area (Å²) in [4.78, 5) is 10.7. The Bertz CT molecular complexity index is 360. The van der Waals surface area contributed by atoms with E-state index in [0.29, 0.717) is 6.42 Å². The third-order valence-electron chi connectivity index (χ3n) is 2.16. The van der Waals surface area contributed by atoms with Crippen LogP contribution in [0.1, 0.15) is 12.0 Å². The molecular formula is C11H10O2. The van der Waals surface area contributed by atoms with Gasteiger partial charge in [0, 0.05) is 6.42 Å². The van der Waals surface area contributed by atoms with Crippen molar-refractivity contribution >= 4 is 11.4 Å². The molecule has 0 atom stereocenters. The summed E-state index contributed by atoms with van der Waals surface area (Å²) < 4.78 is 5.04. The van der Waals surface area contributed by atoms with Crippen LogP contribution in [0.2, 0.25) is 0 Å². The minimum Gasteiger partial charge on any atom is -0.497 e. The molecule has 2 rings (SSSR count). The lowest BCUT2D eigenvalue weighted by atomic mass is 9.91. The fraction of sp³-hybridized carbons (Fsp3) is 0.182. The molecule has 1 aliphatic rings. The molecular weight excluding hydrogens is 164 g/mol. The Morgan fingerprint density at radius 3 is 2.31 bits per heavy atom. The van der Waals surface area contributed by atoms with Crippen molar-refractivity contribution < 1.29 is 9.53 Å². The first-order valence-corrected chi connectivity index (χ1v) is 4.17. The average Bonchev–Trinajstić information content (AvgIpc) is 2.13. The Morgan fingerprint density at radius 1 is 1.23 bits per heavy atom. The topological polar surface area (TPSA) is 26.3 Å². The van der Waals surface area contributed by atoms with E-state index in [9.17, 15) is 4.79 Å². The van der Waals surface area contributed by atoms with E-state index in [0.717, 1.165) is 16.9 Å². The van der Waals surface area contributed by atoms with Gasteiger partial charge in [-0.2, -0.15) is 0 Å². The van der Waals surface area contributed by atoms with Crippen molar-refractivity contribution in [3.05, 3.63) is 35.9 Å². The molecule has 0 aromatic heterocycles. The van der Waals surface area contributed by atoms with Gasteiger partial charge in [-0.25, -0.2) is 0 Å². The van der Waals surface area contributed by atoms with Gasteiger partial charge in [0.05, 0.1) is 7.11 Å². The molecule has 2 nitrogen and oxygen atoms in total. The monoisotopic (exact) mass is 174 g/mol. The zero-order valence-corrected chi connectivity index (χ0v) is 7.41. The second-order valence-corrected chi connectivity index (χ2v) is 3.04. The van der Waals surface area contributed by atoms with Crippen molar-refractivity contribution in [3.8, 4) is 5.75 Å². The van der Waals surface area contributed by atoms with Crippen LogP contribution >= 0.6 is 0 Å². The highest BCUT2D eigenvalue weighted by molar-refractivity contribution is 6.11. The average molecular weight is 174 g/mol. The summed E-state index contributed by atoms with van der Waals surface area (Å²) in [5.74, 6) is 1.06. The predicted molar refractivity (Wildman–Crippen MR) is 50.6 cm³/mol. The minimum atomic E-state index is 0.214. The molecule has 0 heterocycles. The largest absolute Gasteiger partial charge is 0.497 e. The maximum absolute atomic E-state index is 10.7. The van der Waals surface area contributed by atoms with Crippen LogP contribution in [-0.2, 0) is 4.79 Å². The Balaban J connectivity index is 2.24. The van der Waals surface area contributed by atoms with Crippen LogP contribution in [0, 0.1) is 0 Å². The highest BCUT2D eigenvalue weighted by Gasteiger charge is 2.16. The van der Waals surface area contributed by atoms with Crippen LogP contribution in [0.3, 0.4) is 0 Å². The summed E-state index contributed by atoms with van der Waals surface area (Å²) in [5, 5.41) is 0. The van der Waals surface area contributed by atoms with E-state index in [4.69, 9.17) is 4.74 Å². The fourth-order valence-electron chi connectivity index (χ4n) is 1.34. The number of carbonyl (C=O) groups is 1.